The van der Waals surface area contributed by atoms with Gasteiger partial charge in [-0.2, -0.15) is 0 Å². The van der Waals surface area contributed by atoms with Crippen molar-refractivity contribution in [1.82, 2.24) is 4.90 Å². The number of carboxylic acids is 1. The first-order valence-corrected chi connectivity index (χ1v) is 7.43. The first-order chi connectivity index (χ1) is 10.5. The van der Waals surface area contributed by atoms with Crippen molar-refractivity contribution in [3.05, 3.63) is 29.8 Å². The fourth-order valence-corrected chi connectivity index (χ4v) is 2.55. The fraction of sp³-hybridized carbons (Fsp3) is 0.500. The summed E-state index contributed by atoms with van der Waals surface area (Å²) < 4.78 is 19.8. The number of hydrogen-bond acceptors (Lipinski definition) is 3. The molecule has 1 unspecified atom stereocenters. The Morgan fingerprint density at radius 3 is 2.73 bits per heavy atom. The Morgan fingerprint density at radius 1 is 1.36 bits per heavy atom. The highest BCUT2D eigenvalue weighted by Crippen LogP contribution is 2.32. The first kappa shape index (κ1) is 14.8. The molecule has 2 aliphatic rings. The molecule has 0 radical (unpaired) electrons. The Bertz CT molecular complexity index is 602. The third-order valence-corrected chi connectivity index (χ3v) is 4.18. The first-order valence-electron chi connectivity index (χ1n) is 7.43. The Hall–Kier alpha value is -2.11. The van der Waals surface area contributed by atoms with Crippen LogP contribution in [0.1, 0.15) is 29.6 Å². The quantitative estimate of drug-likeness (QED) is 0.905. The van der Waals surface area contributed by atoms with Crippen molar-refractivity contribution < 1.29 is 23.8 Å². The number of aliphatic carboxylic acids is 1. The van der Waals surface area contributed by atoms with E-state index in [1.165, 1.54) is 4.90 Å². The van der Waals surface area contributed by atoms with Gasteiger partial charge >= 0.3 is 5.97 Å². The van der Waals surface area contributed by atoms with Crippen molar-refractivity contribution in [2.24, 2.45) is 5.92 Å². The third-order valence-electron chi connectivity index (χ3n) is 4.18. The number of halogens is 1. The van der Waals surface area contributed by atoms with Gasteiger partial charge in [-0.15, -0.1) is 0 Å². The van der Waals surface area contributed by atoms with Crippen LogP contribution in [-0.2, 0) is 4.79 Å². The van der Waals surface area contributed by atoms with E-state index in [0.29, 0.717) is 23.8 Å². The number of carboxylic acid groups (broad SMARTS) is 1. The van der Waals surface area contributed by atoms with E-state index in [1.807, 2.05) is 0 Å². The number of carbonyl (C=O) groups excluding carboxylic acids is 1. The summed E-state index contributed by atoms with van der Waals surface area (Å²) in [6.07, 6.45) is 2.11. The molecule has 1 aliphatic carbocycles. The summed E-state index contributed by atoms with van der Waals surface area (Å²) in [5.41, 5.74) is -1.99. The van der Waals surface area contributed by atoms with Crippen LogP contribution in [0.4, 0.5) is 4.39 Å². The lowest BCUT2D eigenvalue weighted by molar-refractivity contribution is -0.149. The summed E-state index contributed by atoms with van der Waals surface area (Å²) in [5.74, 6) is -0.861. The molecule has 1 N–H and O–H groups in total. The summed E-state index contributed by atoms with van der Waals surface area (Å²) in [7, 11) is 0. The van der Waals surface area contributed by atoms with Crippen LogP contribution < -0.4 is 4.74 Å². The molecule has 1 atom stereocenters. The summed E-state index contributed by atoms with van der Waals surface area (Å²) in [6.45, 7) is 0.253. The Kier molecular flexibility index (Phi) is 3.76. The molecular formula is C16H18FNO4. The second-order valence-electron chi connectivity index (χ2n) is 6.00. The molecule has 3 rings (SSSR count). The van der Waals surface area contributed by atoms with Crippen molar-refractivity contribution in [3.8, 4) is 5.75 Å². The largest absolute Gasteiger partial charge is 0.492 e. The highest BCUT2D eigenvalue weighted by atomic mass is 19.1. The monoisotopic (exact) mass is 307 g/mol. The molecule has 1 saturated carbocycles. The maximum atomic E-state index is 14.1. The molecule has 2 fully saturated rings. The second-order valence-corrected chi connectivity index (χ2v) is 6.00. The molecule has 0 spiro atoms. The van der Waals surface area contributed by atoms with Crippen LogP contribution in [0.25, 0.3) is 0 Å². The van der Waals surface area contributed by atoms with Gasteiger partial charge in [0.15, 0.2) is 0 Å². The normalized spacial score (nSPS) is 24.3. The summed E-state index contributed by atoms with van der Waals surface area (Å²) in [4.78, 5) is 24.7. The minimum atomic E-state index is -2.35. The standard InChI is InChI=1S/C16H18FNO4/c17-16(15(20)21)7-8-18(10-16)14(19)12-3-1-2-4-13(12)22-9-11-5-6-11/h1-4,11H,5-10H2,(H,20,21). The maximum absolute atomic E-state index is 14.1. The number of ether oxygens (including phenoxy) is 1. The Balaban J connectivity index is 1.73. The van der Waals surface area contributed by atoms with Gasteiger partial charge < -0.3 is 14.7 Å². The number of likely N-dealkylation sites (tertiary alicyclic amines) is 1. The maximum Gasteiger partial charge on any atom is 0.343 e. The number of amides is 1. The van der Waals surface area contributed by atoms with Gasteiger partial charge in [0, 0.05) is 13.0 Å². The molecular weight excluding hydrogens is 289 g/mol. The number of para-hydroxylation sites is 1. The van der Waals surface area contributed by atoms with Gasteiger partial charge in [-0.25, -0.2) is 9.18 Å². The van der Waals surface area contributed by atoms with Crippen LogP contribution in [0.3, 0.4) is 0 Å². The van der Waals surface area contributed by atoms with E-state index in [2.05, 4.69) is 0 Å². The van der Waals surface area contributed by atoms with Crippen LogP contribution in [0, 0.1) is 5.92 Å². The predicted molar refractivity (Wildman–Crippen MR) is 76.7 cm³/mol. The van der Waals surface area contributed by atoms with Crippen molar-refractivity contribution in [1.29, 1.82) is 0 Å². The van der Waals surface area contributed by atoms with Gasteiger partial charge in [-0.1, -0.05) is 12.1 Å². The summed E-state index contributed by atoms with van der Waals surface area (Å²) >= 11 is 0. The Morgan fingerprint density at radius 2 is 2.09 bits per heavy atom. The minimum absolute atomic E-state index is 0.0958. The molecule has 6 heteroatoms. The fourth-order valence-electron chi connectivity index (χ4n) is 2.55. The number of benzene rings is 1. The SMILES string of the molecule is O=C(c1ccccc1OCC1CC1)N1CCC(F)(C(=O)O)C1. The molecule has 5 nitrogen and oxygen atoms in total. The van der Waals surface area contributed by atoms with E-state index in [-0.39, 0.29) is 18.9 Å². The van der Waals surface area contributed by atoms with Crippen LogP contribution in [0.2, 0.25) is 0 Å². The van der Waals surface area contributed by atoms with E-state index in [0.717, 1.165) is 12.8 Å². The predicted octanol–water partition coefficient (Wildman–Crippen LogP) is 2.11. The number of alkyl halides is 1. The molecule has 0 aromatic heterocycles. The average Bonchev–Trinajstić information content (AvgIpc) is 3.25. The lowest BCUT2D eigenvalue weighted by atomic mass is 10.1. The van der Waals surface area contributed by atoms with Crippen LogP contribution >= 0.6 is 0 Å². The van der Waals surface area contributed by atoms with Crippen molar-refractivity contribution in [3.63, 3.8) is 0 Å². The van der Waals surface area contributed by atoms with Crippen molar-refractivity contribution >= 4 is 11.9 Å². The number of nitrogens with zero attached hydrogens (tertiary/aromatic N) is 1. The van der Waals surface area contributed by atoms with Crippen LogP contribution in [0.5, 0.6) is 5.75 Å². The summed E-state index contributed by atoms with van der Waals surface area (Å²) in [5, 5.41) is 8.91. The van der Waals surface area contributed by atoms with Gasteiger partial charge in [0.25, 0.3) is 5.91 Å². The van der Waals surface area contributed by atoms with Gasteiger partial charge in [0.2, 0.25) is 5.67 Å². The van der Waals surface area contributed by atoms with E-state index in [1.54, 1.807) is 24.3 Å². The van der Waals surface area contributed by atoms with E-state index >= 15 is 0 Å². The van der Waals surface area contributed by atoms with Crippen molar-refractivity contribution in [2.75, 3.05) is 19.7 Å². The van der Waals surface area contributed by atoms with E-state index in [4.69, 9.17) is 9.84 Å². The van der Waals surface area contributed by atoms with Crippen LogP contribution in [0.15, 0.2) is 24.3 Å². The molecule has 118 valence electrons. The van der Waals surface area contributed by atoms with Crippen molar-refractivity contribution in [2.45, 2.75) is 24.9 Å². The van der Waals surface area contributed by atoms with Crippen LogP contribution in [-0.4, -0.2) is 47.2 Å². The molecule has 22 heavy (non-hydrogen) atoms. The number of rotatable bonds is 5. The highest BCUT2D eigenvalue weighted by molar-refractivity contribution is 5.97. The molecule has 1 heterocycles. The number of carbonyl (C=O) groups is 2. The Labute approximate surface area is 127 Å². The molecule has 1 saturated heterocycles. The molecule has 1 aromatic rings. The zero-order chi connectivity index (χ0) is 15.7. The van der Waals surface area contributed by atoms with Gasteiger partial charge in [0.05, 0.1) is 18.7 Å². The average molecular weight is 307 g/mol. The lowest BCUT2D eigenvalue weighted by Crippen LogP contribution is -2.39. The zero-order valence-electron chi connectivity index (χ0n) is 12.1. The molecule has 1 amide bonds. The van der Waals surface area contributed by atoms with Gasteiger partial charge in [-0.3, -0.25) is 4.79 Å². The molecule has 1 aromatic carbocycles. The third kappa shape index (κ3) is 2.91. The highest BCUT2D eigenvalue weighted by Gasteiger charge is 2.47. The van der Waals surface area contributed by atoms with E-state index < -0.39 is 18.2 Å². The molecule has 1 aliphatic heterocycles. The van der Waals surface area contributed by atoms with Gasteiger partial charge in [0.1, 0.15) is 5.75 Å². The van der Waals surface area contributed by atoms with E-state index in [9.17, 15) is 14.0 Å². The molecule has 0 bridgehead atoms. The van der Waals surface area contributed by atoms with Gasteiger partial charge in [-0.05, 0) is 30.9 Å². The second kappa shape index (κ2) is 5.59. The lowest BCUT2D eigenvalue weighted by Gasteiger charge is -2.19. The zero-order valence-corrected chi connectivity index (χ0v) is 12.1. The topological polar surface area (TPSA) is 66.8 Å². The summed E-state index contributed by atoms with van der Waals surface area (Å²) in [6, 6.07) is 6.84. The minimum Gasteiger partial charge on any atom is -0.492 e. The smallest absolute Gasteiger partial charge is 0.343 e. The number of hydrogen-bond donors (Lipinski definition) is 1.